The van der Waals surface area contributed by atoms with Gasteiger partial charge in [0.05, 0.1) is 6.10 Å². The van der Waals surface area contributed by atoms with Crippen molar-refractivity contribution in [1.82, 2.24) is 4.90 Å². The first kappa shape index (κ1) is 16.5. The highest BCUT2D eigenvalue weighted by molar-refractivity contribution is 5.89. The average molecular weight is 278 g/mol. The molecule has 0 aliphatic rings. The van der Waals surface area contributed by atoms with Gasteiger partial charge in [0.2, 0.25) is 0 Å². The number of hydrogen-bond acceptors (Lipinski definition) is 2. The minimum absolute atomic E-state index is 0.108. The molecule has 0 saturated carbocycles. The molecule has 0 radical (unpaired) electrons. The highest BCUT2D eigenvalue weighted by Gasteiger charge is 2.14. The monoisotopic (exact) mass is 278 g/mol. The number of amides is 2. The van der Waals surface area contributed by atoms with Gasteiger partial charge in [0.25, 0.3) is 0 Å². The number of nitrogens with zero attached hydrogens (tertiary/aromatic N) is 1. The maximum Gasteiger partial charge on any atom is 0.321 e. The molecule has 0 bridgehead atoms. The second-order valence-electron chi connectivity index (χ2n) is 6.32. The fraction of sp³-hybridized carbons (Fsp3) is 0.562. The van der Waals surface area contributed by atoms with Gasteiger partial charge < -0.3 is 15.3 Å². The fourth-order valence-electron chi connectivity index (χ4n) is 1.75. The van der Waals surface area contributed by atoms with Gasteiger partial charge in [0.1, 0.15) is 0 Å². The van der Waals surface area contributed by atoms with Gasteiger partial charge in [0, 0.05) is 19.3 Å². The lowest BCUT2D eigenvalue weighted by Crippen LogP contribution is -2.33. The Kier molecular flexibility index (Phi) is 5.57. The number of aliphatic hydroxyl groups is 1. The number of benzene rings is 1. The molecule has 2 amide bonds. The van der Waals surface area contributed by atoms with Gasteiger partial charge in [-0.1, -0.05) is 32.9 Å². The van der Waals surface area contributed by atoms with Crippen molar-refractivity contribution in [2.75, 3.05) is 18.9 Å². The molecule has 112 valence electrons. The zero-order valence-electron chi connectivity index (χ0n) is 13.1. The number of nitrogens with one attached hydrogen (secondary N) is 1. The van der Waals surface area contributed by atoms with E-state index in [9.17, 15) is 9.90 Å². The lowest BCUT2D eigenvalue weighted by molar-refractivity contribution is 0.167. The second-order valence-corrected chi connectivity index (χ2v) is 6.32. The Labute approximate surface area is 121 Å². The molecule has 0 saturated heterocycles. The van der Waals surface area contributed by atoms with Crippen molar-refractivity contribution in [2.45, 2.75) is 45.6 Å². The molecule has 20 heavy (non-hydrogen) atoms. The number of carbonyl (C=O) groups is 1. The largest absolute Gasteiger partial charge is 0.393 e. The van der Waals surface area contributed by atoms with E-state index in [1.165, 1.54) is 5.56 Å². The molecule has 1 rings (SSSR count). The van der Waals surface area contributed by atoms with Crippen LogP contribution >= 0.6 is 0 Å². The molecule has 1 aromatic rings. The minimum Gasteiger partial charge on any atom is -0.393 e. The first-order chi connectivity index (χ1) is 9.20. The smallest absolute Gasteiger partial charge is 0.321 e. The summed E-state index contributed by atoms with van der Waals surface area (Å²) in [6.07, 6.45) is 0.184. The minimum atomic E-state index is -0.392. The van der Waals surface area contributed by atoms with Gasteiger partial charge in [0.15, 0.2) is 0 Å². The zero-order valence-corrected chi connectivity index (χ0v) is 13.1. The molecule has 0 aliphatic carbocycles. The van der Waals surface area contributed by atoms with E-state index < -0.39 is 6.10 Å². The number of carbonyl (C=O) groups excluding carboxylic acids is 1. The molecule has 0 spiro atoms. The Balaban J connectivity index is 2.58. The molecule has 1 unspecified atom stereocenters. The van der Waals surface area contributed by atoms with Crippen LogP contribution in [0.5, 0.6) is 0 Å². The zero-order chi connectivity index (χ0) is 15.3. The van der Waals surface area contributed by atoms with Gasteiger partial charge in [-0.15, -0.1) is 0 Å². The number of anilines is 1. The Bertz CT molecular complexity index is 433. The Morgan fingerprint density at radius 1 is 1.30 bits per heavy atom. The highest BCUT2D eigenvalue weighted by atomic mass is 16.3. The lowest BCUT2D eigenvalue weighted by Gasteiger charge is -2.21. The molecule has 0 aliphatic heterocycles. The highest BCUT2D eigenvalue weighted by Crippen LogP contribution is 2.23. The summed E-state index contributed by atoms with van der Waals surface area (Å²) in [5.74, 6) is 0. The van der Waals surface area contributed by atoms with Gasteiger partial charge in [-0.25, -0.2) is 4.79 Å². The van der Waals surface area contributed by atoms with E-state index in [1.54, 1.807) is 18.9 Å². The van der Waals surface area contributed by atoms with Crippen molar-refractivity contribution in [2.24, 2.45) is 0 Å². The Hall–Kier alpha value is -1.55. The maximum atomic E-state index is 11.9. The third-order valence-electron chi connectivity index (χ3n) is 3.23. The number of hydrogen-bond donors (Lipinski definition) is 2. The standard InChI is InChI=1S/C16H26N2O2/c1-12(19)10-11-18(5)15(20)17-14-8-6-13(7-9-14)16(2,3)4/h6-9,12,19H,10-11H2,1-5H3,(H,17,20). The summed E-state index contributed by atoms with van der Waals surface area (Å²) in [5, 5.41) is 12.1. The summed E-state index contributed by atoms with van der Waals surface area (Å²) in [7, 11) is 1.72. The van der Waals surface area contributed by atoms with Crippen LogP contribution in [-0.2, 0) is 5.41 Å². The molecular weight excluding hydrogens is 252 g/mol. The second kappa shape index (κ2) is 6.75. The van der Waals surface area contributed by atoms with E-state index in [0.29, 0.717) is 13.0 Å². The summed E-state index contributed by atoms with van der Waals surface area (Å²) in [6, 6.07) is 7.74. The van der Waals surface area contributed by atoms with Crippen LogP contribution in [0.15, 0.2) is 24.3 Å². The molecule has 0 aromatic heterocycles. The van der Waals surface area contributed by atoms with E-state index in [-0.39, 0.29) is 11.4 Å². The van der Waals surface area contributed by atoms with Gasteiger partial charge >= 0.3 is 6.03 Å². The van der Waals surface area contributed by atoms with Crippen LogP contribution in [0.4, 0.5) is 10.5 Å². The van der Waals surface area contributed by atoms with Crippen LogP contribution in [0.3, 0.4) is 0 Å². The van der Waals surface area contributed by atoms with Gasteiger partial charge in [-0.3, -0.25) is 0 Å². The molecule has 4 heteroatoms. The van der Waals surface area contributed by atoms with Gasteiger partial charge in [-0.2, -0.15) is 0 Å². The van der Waals surface area contributed by atoms with Crippen LogP contribution in [0.2, 0.25) is 0 Å². The van der Waals surface area contributed by atoms with Crippen molar-refractivity contribution < 1.29 is 9.90 Å². The molecule has 1 atom stereocenters. The predicted molar refractivity (Wildman–Crippen MR) is 83.1 cm³/mol. The van der Waals surface area contributed by atoms with Crippen molar-refractivity contribution in [3.8, 4) is 0 Å². The normalized spacial score (nSPS) is 12.9. The van der Waals surface area contributed by atoms with Crippen molar-refractivity contribution in [1.29, 1.82) is 0 Å². The molecule has 2 N–H and O–H groups in total. The summed E-state index contributed by atoms with van der Waals surface area (Å²) in [6.45, 7) is 8.72. The van der Waals surface area contributed by atoms with Crippen molar-refractivity contribution in [3.63, 3.8) is 0 Å². The lowest BCUT2D eigenvalue weighted by atomic mass is 9.87. The third-order valence-corrected chi connectivity index (χ3v) is 3.23. The first-order valence-electron chi connectivity index (χ1n) is 7.01. The summed E-state index contributed by atoms with van der Waals surface area (Å²) in [4.78, 5) is 13.5. The van der Waals surface area contributed by atoms with E-state index in [2.05, 4.69) is 26.1 Å². The van der Waals surface area contributed by atoms with Crippen molar-refractivity contribution >= 4 is 11.7 Å². The Morgan fingerprint density at radius 2 is 1.85 bits per heavy atom. The van der Waals surface area contributed by atoms with Crippen LogP contribution in [-0.4, -0.2) is 35.7 Å². The van der Waals surface area contributed by atoms with E-state index >= 15 is 0 Å². The van der Waals surface area contributed by atoms with E-state index in [0.717, 1.165) is 5.69 Å². The van der Waals surface area contributed by atoms with E-state index in [4.69, 9.17) is 0 Å². The quantitative estimate of drug-likeness (QED) is 0.888. The number of rotatable bonds is 4. The van der Waals surface area contributed by atoms with Crippen molar-refractivity contribution in [3.05, 3.63) is 29.8 Å². The molecule has 0 fully saturated rings. The van der Waals surface area contributed by atoms with E-state index in [1.807, 2.05) is 24.3 Å². The SMILES string of the molecule is CC(O)CCN(C)C(=O)Nc1ccc(C(C)(C)C)cc1. The molecular formula is C16H26N2O2. The third kappa shape index (κ3) is 5.21. The fourth-order valence-corrected chi connectivity index (χ4v) is 1.75. The van der Waals surface area contributed by atoms with Crippen LogP contribution in [0.25, 0.3) is 0 Å². The molecule has 4 nitrogen and oxygen atoms in total. The van der Waals surface area contributed by atoms with Crippen LogP contribution in [0, 0.1) is 0 Å². The maximum absolute atomic E-state index is 11.9. The summed E-state index contributed by atoms with van der Waals surface area (Å²) >= 11 is 0. The van der Waals surface area contributed by atoms with Crippen LogP contribution in [0.1, 0.15) is 39.7 Å². The van der Waals surface area contributed by atoms with Crippen LogP contribution < -0.4 is 5.32 Å². The number of urea groups is 1. The average Bonchev–Trinajstić information content (AvgIpc) is 2.35. The van der Waals surface area contributed by atoms with Gasteiger partial charge in [-0.05, 0) is 36.5 Å². The first-order valence-corrected chi connectivity index (χ1v) is 7.01. The number of aliphatic hydroxyl groups excluding tert-OH is 1. The predicted octanol–water partition coefficient (Wildman–Crippen LogP) is 3.22. The molecule has 0 heterocycles. The molecule has 1 aromatic carbocycles. The topological polar surface area (TPSA) is 52.6 Å². The summed E-state index contributed by atoms with van der Waals surface area (Å²) in [5.41, 5.74) is 2.13. The Morgan fingerprint density at radius 3 is 2.30 bits per heavy atom. The summed E-state index contributed by atoms with van der Waals surface area (Å²) < 4.78 is 0.